The van der Waals surface area contributed by atoms with Crippen LogP contribution in [0.3, 0.4) is 0 Å². The molecule has 0 aliphatic heterocycles. The van der Waals surface area contributed by atoms with E-state index in [1.54, 1.807) is 36.7 Å². The van der Waals surface area contributed by atoms with Crippen molar-refractivity contribution in [3.63, 3.8) is 0 Å². The summed E-state index contributed by atoms with van der Waals surface area (Å²) in [4.78, 5) is 13.9. The van der Waals surface area contributed by atoms with E-state index in [4.69, 9.17) is 51.4 Å². The molecule has 0 aliphatic rings. The Bertz CT molecular complexity index is 1490. The number of pyridine rings is 1. The quantitative estimate of drug-likeness (QED) is 0.171. The molecule has 0 N–H and O–H groups in total. The number of benzene rings is 4. The van der Waals surface area contributed by atoms with Crippen LogP contribution in [-0.2, 0) is 0 Å². The summed E-state index contributed by atoms with van der Waals surface area (Å²) in [6.07, 6.45) is 3.44. The van der Waals surface area contributed by atoms with E-state index in [-0.39, 0.29) is 0 Å². The van der Waals surface area contributed by atoms with Crippen molar-refractivity contribution in [3.05, 3.63) is 110 Å². The lowest BCUT2D eigenvalue weighted by molar-refractivity contribution is 1.46. The maximum atomic E-state index is 6.24. The van der Waals surface area contributed by atoms with Crippen LogP contribution in [0.15, 0.2) is 88.8 Å². The number of rotatable bonds is 4. The molecule has 5 rings (SSSR count). The summed E-state index contributed by atoms with van der Waals surface area (Å²) >= 11 is 24.4. The van der Waals surface area contributed by atoms with Gasteiger partial charge in [0.05, 0.1) is 32.5 Å². The molecule has 166 valence electrons. The highest BCUT2D eigenvalue weighted by Crippen LogP contribution is 2.27. The summed E-state index contributed by atoms with van der Waals surface area (Å²) in [7, 11) is 0. The number of aliphatic imine (C=N–C) groups is 2. The largest absolute Gasteiger partial charge is 0.256 e. The van der Waals surface area contributed by atoms with Crippen LogP contribution in [0.25, 0.3) is 21.8 Å². The van der Waals surface area contributed by atoms with Gasteiger partial charge in [-0.15, -0.1) is 0 Å². The van der Waals surface area contributed by atoms with E-state index < -0.39 is 0 Å². The Morgan fingerprint density at radius 3 is 1.44 bits per heavy atom. The van der Waals surface area contributed by atoms with Crippen LogP contribution >= 0.6 is 46.4 Å². The second-order valence-electron chi connectivity index (χ2n) is 7.59. The first-order valence-corrected chi connectivity index (χ1v) is 11.8. The summed E-state index contributed by atoms with van der Waals surface area (Å²) in [5.74, 6) is 0. The minimum atomic E-state index is 0.550. The van der Waals surface area contributed by atoms with Gasteiger partial charge in [-0.3, -0.25) is 9.98 Å². The Morgan fingerprint density at radius 2 is 1.00 bits per heavy atom. The number of hydrogen-bond donors (Lipinski definition) is 0. The molecule has 4 aromatic carbocycles. The fraction of sp³-hybridized carbons (Fsp3) is 0. The lowest BCUT2D eigenvalue weighted by Gasteiger charge is -2.04. The molecule has 5 aromatic rings. The standard InChI is InChI=1S/C27H15Cl4N3/c28-20-5-1-18(24(30)10-20)14-32-22-7-3-16-9-17-4-8-23(13-27(17)34-26(16)12-22)33-15-19-2-6-21(29)11-25(19)31/h1-15H. The van der Waals surface area contributed by atoms with Gasteiger partial charge < -0.3 is 0 Å². The van der Waals surface area contributed by atoms with Gasteiger partial charge in [-0.1, -0.05) is 70.7 Å². The van der Waals surface area contributed by atoms with Crippen LogP contribution < -0.4 is 0 Å². The Kier molecular flexibility index (Phi) is 6.53. The molecular weight excluding hydrogens is 508 g/mol. The van der Waals surface area contributed by atoms with Crippen molar-refractivity contribution in [2.75, 3.05) is 0 Å². The van der Waals surface area contributed by atoms with E-state index in [9.17, 15) is 0 Å². The third kappa shape index (κ3) is 5.08. The number of halogens is 4. The predicted molar refractivity (Wildman–Crippen MR) is 147 cm³/mol. The number of aromatic nitrogens is 1. The van der Waals surface area contributed by atoms with Crippen molar-refractivity contribution >= 4 is 92.0 Å². The van der Waals surface area contributed by atoms with Crippen molar-refractivity contribution in [2.24, 2.45) is 9.98 Å². The fourth-order valence-electron chi connectivity index (χ4n) is 3.46. The van der Waals surface area contributed by atoms with E-state index in [0.717, 1.165) is 44.3 Å². The smallest absolute Gasteiger partial charge is 0.0731 e. The lowest BCUT2D eigenvalue weighted by Crippen LogP contribution is -1.85. The van der Waals surface area contributed by atoms with E-state index in [0.29, 0.717) is 20.1 Å². The zero-order valence-electron chi connectivity index (χ0n) is 17.5. The van der Waals surface area contributed by atoms with Gasteiger partial charge in [-0.05, 0) is 54.6 Å². The average Bonchev–Trinajstić information content (AvgIpc) is 2.81. The van der Waals surface area contributed by atoms with Crippen molar-refractivity contribution < 1.29 is 0 Å². The monoisotopic (exact) mass is 521 g/mol. The van der Waals surface area contributed by atoms with Gasteiger partial charge >= 0.3 is 0 Å². The topological polar surface area (TPSA) is 37.6 Å². The van der Waals surface area contributed by atoms with Gasteiger partial charge in [0, 0.05) is 44.4 Å². The van der Waals surface area contributed by atoms with Crippen LogP contribution in [0.1, 0.15) is 11.1 Å². The minimum Gasteiger partial charge on any atom is -0.256 e. The molecule has 0 amide bonds. The van der Waals surface area contributed by atoms with E-state index in [2.05, 4.69) is 16.1 Å². The van der Waals surface area contributed by atoms with Crippen LogP contribution in [0.4, 0.5) is 11.4 Å². The van der Waals surface area contributed by atoms with Crippen LogP contribution in [0.5, 0.6) is 0 Å². The predicted octanol–water partition coefficient (Wildman–Crippen LogP) is 9.50. The summed E-state index contributed by atoms with van der Waals surface area (Å²) in [5.41, 5.74) is 4.81. The third-order valence-electron chi connectivity index (χ3n) is 5.21. The summed E-state index contributed by atoms with van der Waals surface area (Å²) < 4.78 is 0. The molecule has 0 saturated heterocycles. The Morgan fingerprint density at radius 1 is 0.529 bits per heavy atom. The van der Waals surface area contributed by atoms with Crippen molar-refractivity contribution in [3.8, 4) is 0 Å². The number of hydrogen-bond acceptors (Lipinski definition) is 3. The Labute approximate surface area is 216 Å². The number of nitrogens with zero attached hydrogens (tertiary/aromatic N) is 3. The van der Waals surface area contributed by atoms with Crippen LogP contribution in [0.2, 0.25) is 20.1 Å². The molecule has 34 heavy (non-hydrogen) atoms. The highest BCUT2D eigenvalue weighted by atomic mass is 35.5. The normalized spacial score (nSPS) is 11.9. The van der Waals surface area contributed by atoms with Crippen LogP contribution in [-0.4, -0.2) is 17.4 Å². The SMILES string of the molecule is Clc1ccc(C=Nc2ccc3cc4ccc(N=Cc5ccc(Cl)cc5Cl)cc4nc3c2)c(Cl)c1. The minimum absolute atomic E-state index is 0.550. The molecule has 7 heteroatoms. The van der Waals surface area contributed by atoms with Gasteiger partial charge in [0.2, 0.25) is 0 Å². The molecule has 0 radical (unpaired) electrons. The zero-order chi connectivity index (χ0) is 23.7. The maximum absolute atomic E-state index is 6.24. The van der Waals surface area contributed by atoms with Gasteiger partial charge in [-0.25, -0.2) is 4.98 Å². The summed E-state index contributed by atoms with van der Waals surface area (Å²) in [6, 6.07) is 24.5. The Balaban J connectivity index is 1.46. The van der Waals surface area contributed by atoms with E-state index >= 15 is 0 Å². The molecular formula is C27H15Cl4N3. The third-order valence-corrected chi connectivity index (χ3v) is 6.34. The van der Waals surface area contributed by atoms with Crippen LogP contribution in [0, 0.1) is 0 Å². The first-order valence-electron chi connectivity index (χ1n) is 10.3. The Hall–Kier alpha value is -2.95. The molecule has 0 unspecified atom stereocenters. The second-order valence-corrected chi connectivity index (χ2v) is 9.28. The summed E-state index contributed by atoms with van der Waals surface area (Å²) in [5, 5.41) is 4.33. The van der Waals surface area contributed by atoms with Gasteiger partial charge in [-0.2, -0.15) is 0 Å². The molecule has 0 saturated carbocycles. The fourth-order valence-corrected chi connectivity index (χ4v) is 4.37. The zero-order valence-corrected chi connectivity index (χ0v) is 20.5. The van der Waals surface area contributed by atoms with Gasteiger partial charge in [0.25, 0.3) is 0 Å². The molecule has 0 fully saturated rings. The van der Waals surface area contributed by atoms with E-state index in [1.165, 1.54) is 0 Å². The molecule has 0 spiro atoms. The highest BCUT2D eigenvalue weighted by molar-refractivity contribution is 6.36. The van der Waals surface area contributed by atoms with Gasteiger partial charge in [0.15, 0.2) is 0 Å². The molecule has 0 atom stereocenters. The van der Waals surface area contributed by atoms with E-state index in [1.807, 2.05) is 48.5 Å². The summed E-state index contributed by atoms with van der Waals surface area (Å²) in [6.45, 7) is 0. The second kappa shape index (κ2) is 9.73. The first-order chi connectivity index (χ1) is 16.4. The number of fused-ring (bicyclic) bond motifs is 2. The first kappa shape index (κ1) is 22.8. The molecule has 0 bridgehead atoms. The highest BCUT2D eigenvalue weighted by Gasteiger charge is 2.04. The van der Waals surface area contributed by atoms with Crippen molar-refractivity contribution in [1.29, 1.82) is 0 Å². The maximum Gasteiger partial charge on any atom is 0.0731 e. The molecule has 1 aromatic heterocycles. The van der Waals surface area contributed by atoms with Gasteiger partial charge in [0.1, 0.15) is 0 Å². The molecule has 1 heterocycles. The van der Waals surface area contributed by atoms with Crippen molar-refractivity contribution in [1.82, 2.24) is 4.98 Å². The van der Waals surface area contributed by atoms with Crippen molar-refractivity contribution in [2.45, 2.75) is 0 Å². The molecule has 0 aliphatic carbocycles. The lowest BCUT2D eigenvalue weighted by atomic mass is 10.1. The average molecular weight is 523 g/mol. The molecule has 3 nitrogen and oxygen atoms in total.